The molecule has 2 fully saturated rings. The Morgan fingerprint density at radius 3 is 2.14 bits per heavy atom. The first kappa shape index (κ1) is 10.0. The highest BCUT2D eigenvalue weighted by molar-refractivity contribution is 5.74. The number of rotatable bonds is 1. The lowest BCUT2D eigenvalue weighted by Crippen LogP contribution is -2.40. The second-order valence-corrected chi connectivity index (χ2v) is 5.82. The van der Waals surface area contributed by atoms with Crippen LogP contribution >= 0.6 is 0 Å². The zero-order valence-electron chi connectivity index (χ0n) is 9.12. The predicted octanol–water partition coefficient (Wildman–Crippen LogP) is 2.92. The first-order valence-electron chi connectivity index (χ1n) is 5.73. The van der Waals surface area contributed by atoms with Gasteiger partial charge in [-0.15, -0.1) is 0 Å². The lowest BCUT2D eigenvalue weighted by Gasteiger charge is -2.45. The zero-order chi connectivity index (χ0) is 10.3. The van der Waals surface area contributed by atoms with Crippen LogP contribution in [0.4, 0.5) is 0 Å². The van der Waals surface area contributed by atoms with Crippen LogP contribution in [0.15, 0.2) is 0 Å². The van der Waals surface area contributed by atoms with Crippen LogP contribution in [0.3, 0.4) is 0 Å². The molecule has 2 bridgehead atoms. The fourth-order valence-electron chi connectivity index (χ4n) is 3.76. The van der Waals surface area contributed by atoms with Crippen molar-refractivity contribution < 1.29 is 9.90 Å². The molecule has 2 nitrogen and oxygen atoms in total. The van der Waals surface area contributed by atoms with Crippen molar-refractivity contribution in [2.45, 2.75) is 46.0 Å². The van der Waals surface area contributed by atoms with Gasteiger partial charge in [-0.3, -0.25) is 4.79 Å². The van der Waals surface area contributed by atoms with E-state index >= 15 is 0 Å². The van der Waals surface area contributed by atoms with Crippen LogP contribution in [-0.4, -0.2) is 11.1 Å². The van der Waals surface area contributed by atoms with E-state index in [0.29, 0.717) is 11.8 Å². The minimum Gasteiger partial charge on any atom is -0.481 e. The minimum absolute atomic E-state index is 0.423. The quantitative estimate of drug-likeness (QED) is 0.700. The van der Waals surface area contributed by atoms with Crippen LogP contribution in [0.1, 0.15) is 46.0 Å². The molecule has 2 aliphatic carbocycles. The maximum absolute atomic E-state index is 11.2. The number of aliphatic carboxylic acids is 1. The number of carbonyl (C=O) groups is 1. The predicted molar refractivity (Wildman–Crippen MR) is 55.0 cm³/mol. The highest BCUT2D eigenvalue weighted by atomic mass is 16.4. The number of fused-ring (bicyclic) bond motifs is 2. The van der Waals surface area contributed by atoms with E-state index in [0.717, 1.165) is 18.8 Å². The number of carboxylic acid groups (broad SMARTS) is 1. The van der Waals surface area contributed by atoms with E-state index in [4.69, 9.17) is 0 Å². The van der Waals surface area contributed by atoms with Gasteiger partial charge >= 0.3 is 5.97 Å². The summed E-state index contributed by atoms with van der Waals surface area (Å²) in [4.78, 5) is 11.2. The Balaban J connectivity index is 2.12. The van der Waals surface area contributed by atoms with Gasteiger partial charge in [-0.25, -0.2) is 0 Å². The Morgan fingerprint density at radius 2 is 1.71 bits per heavy atom. The van der Waals surface area contributed by atoms with Gasteiger partial charge in [0.05, 0.1) is 5.41 Å². The minimum atomic E-state index is -0.582. The molecule has 0 spiro atoms. The summed E-state index contributed by atoms with van der Waals surface area (Å²) in [5.74, 6) is 1.59. The number of hydrogen-bond donors (Lipinski definition) is 1. The Hall–Kier alpha value is -0.530. The maximum Gasteiger partial charge on any atom is 0.309 e. The summed E-state index contributed by atoms with van der Waals surface area (Å²) in [5.41, 5.74) is -0.423. The average molecular weight is 196 g/mol. The second-order valence-electron chi connectivity index (χ2n) is 5.82. The summed E-state index contributed by atoms with van der Waals surface area (Å²) >= 11 is 0. The van der Waals surface area contributed by atoms with Crippen molar-refractivity contribution in [3.8, 4) is 0 Å². The molecular weight excluding hydrogens is 176 g/mol. The summed E-state index contributed by atoms with van der Waals surface area (Å²) < 4.78 is 0. The van der Waals surface area contributed by atoms with Gasteiger partial charge in [0.1, 0.15) is 0 Å². The molecule has 14 heavy (non-hydrogen) atoms. The third-order valence-electron chi connectivity index (χ3n) is 4.13. The molecule has 0 heterocycles. The highest BCUT2D eigenvalue weighted by Gasteiger charge is 2.45. The van der Waals surface area contributed by atoms with Crippen LogP contribution in [0.25, 0.3) is 0 Å². The van der Waals surface area contributed by atoms with Crippen molar-refractivity contribution >= 4 is 5.97 Å². The van der Waals surface area contributed by atoms with Gasteiger partial charge in [0.2, 0.25) is 0 Å². The van der Waals surface area contributed by atoms with E-state index in [1.54, 1.807) is 0 Å². The van der Waals surface area contributed by atoms with E-state index in [-0.39, 0.29) is 0 Å². The largest absolute Gasteiger partial charge is 0.481 e. The van der Waals surface area contributed by atoms with Crippen molar-refractivity contribution in [1.29, 1.82) is 0 Å². The summed E-state index contributed by atoms with van der Waals surface area (Å²) in [5, 5.41) is 9.22. The molecule has 0 aromatic rings. The van der Waals surface area contributed by atoms with Crippen LogP contribution in [0.5, 0.6) is 0 Å². The molecular formula is C12H20O2. The molecule has 2 saturated carbocycles. The van der Waals surface area contributed by atoms with E-state index in [1.807, 2.05) is 6.92 Å². The van der Waals surface area contributed by atoms with Gasteiger partial charge in [-0.1, -0.05) is 6.92 Å². The fourth-order valence-corrected chi connectivity index (χ4v) is 3.76. The summed E-state index contributed by atoms with van der Waals surface area (Å²) in [6.07, 6.45) is 5.60. The van der Waals surface area contributed by atoms with Crippen LogP contribution in [-0.2, 0) is 4.79 Å². The Labute approximate surface area is 85.7 Å². The molecule has 2 atom stereocenters. The van der Waals surface area contributed by atoms with Crippen LogP contribution < -0.4 is 0 Å². The van der Waals surface area contributed by atoms with E-state index in [2.05, 4.69) is 6.92 Å². The summed E-state index contributed by atoms with van der Waals surface area (Å²) in [6, 6.07) is 0. The molecule has 80 valence electrons. The molecule has 2 aliphatic rings. The average Bonchev–Trinajstić information content (AvgIpc) is 2.00. The SMILES string of the molecule is CC1CC2CC(C1)CC(C)(C(=O)O)C2. The molecule has 0 aromatic carbocycles. The highest BCUT2D eigenvalue weighted by Crippen LogP contribution is 2.50. The van der Waals surface area contributed by atoms with E-state index in [9.17, 15) is 9.90 Å². The van der Waals surface area contributed by atoms with Crippen molar-refractivity contribution in [3.63, 3.8) is 0 Å². The lowest BCUT2D eigenvalue weighted by atomic mass is 9.59. The molecule has 0 radical (unpaired) electrons. The van der Waals surface area contributed by atoms with Crippen molar-refractivity contribution in [1.82, 2.24) is 0 Å². The summed E-state index contributed by atoms with van der Waals surface area (Å²) in [7, 11) is 0. The lowest BCUT2D eigenvalue weighted by molar-refractivity contribution is -0.153. The van der Waals surface area contributed by atoms with Gasteiger partial charge in [0, 0.05) is 0 Å². The van der Waals surface area contributed by atoms with E-state index < -0.39 is 11.4 Å². The Bertz CT molecular complexity index is 229. The third-order valence-corrected chi connectivity index (χ3v) is 4.13. The molecule has 0 aromatic heterocycles. The van der Waals surface area contributed by atoms with Crippen LogP contribution in [0, 0.1) is 23.2 Å². The third kappa shape index (κ3) is 1.67. The van der Waals surface area contributed by atoms with Crippen molar-refractivity contribution in [2.24, 2.45) is 23.2 Å². The normalized spacial score (nSPS) is 47.4. The Kier molecular flexibility index (Phi) is 2.32. The standard InChI is InChI=1S/C12H20O2/c1-8-3-9-5-10(4-8)7-12(2,6-9)11(13)14/h8-10H,3-7H2,1-2H3,(H,13,14). The molecule has 1 N–H and O–H groups in total. The topological polar surface area (TPSA) is 37.3 Å². The van der Waals surface area contributed by atoms with E-state index in [1.165, 1.54) is 19.3 Å². The van der Waals surface area contributed by atoms with Gasteiger partial charge in [-0.05, 0) is 56.8 Å². The molecule has 0 saturated heterocycles. The van der Waals surface area contributed by atoms with Gasteiger partial charge in [-0.2, -0.15) is 0 Å². The second kappa shape index (κ2) is 3.25. The molecule has 2 unspecified atom stereocenters. The van der Waals surface area contributed by atoms with Crippen molar-refractivity contribution in [2.75, 3.05) is 0 Å². The Morgan fingerprint density at radius 1 is 1.21 bits per heavy atom. The number of carboxylic acids is 1. The number of hydrogen-bond acceptors (Lipinski definition) is 1. The molecule has 2 rings (SSSR count). The fraction of sp³-hybridized carbons (Fsp3) is 0.917. The van der Waals surface area contributed by atoms with Gasteiger partial charge < -0.3 is 5.11 Å². The monoisotopic (exact) mass is 196 g/mol. The van der Waals surface area contributed by atoms with Crippen molar-refractivity contribution in [3.05, 3.63) is 0 Å². The van der Waals surface area contributed by atoms with Crippen LogP contribution in [0.2, 0.25) is 0 Å². The zero-order valence-corrected chi connectivity index (χ0v) is 9.12. The maximum atomic E-state index is 11.2. The van der Waals surface area contributed by atoms with Gasteiger partial charge in [0.25, 0.3) is 0 Å². The first-order valence-corrected chi connectivity index (χ1v) is 5.73. The molecule has 2 heteroatoms. The van der Waals surface area contributed by atoms with Gasteiger partial charge in [0.15, 0.2) is 0 Å². The smallest absolute Gasteiger partial charge is 0.309 e. The first-order chi connectivity index (χ1) is 6.49. The molecule has 0 amide bonds. The molecule has 0 aliphatic heterocycles. The summed E-state index contributed by atoms with van der Waals surface area (Å²) in [6.45, 7) is 4.24.